The monoisotopic (exact) mass is 348 g/mol. The molecule has 120 valence electrons. The summed E-state index contributed by atoms with van der Waals surface area (Å²) in [4.78, 5) is 17.9. The molecule has 2 aliphatic heterocycles. The summed E-state index contributed by atoms with van der Waals surface area (Å²) in [7, 11) is 0. The number of rotatable bonds is 3. The molecule has 0 bridgehead atoms. The van der Waals surface area contributed by atoms with E-state index < -0.39 is 5.91 Å². The summed E-state index contributed by atoms with van der Waals surface area (Å²) in [6.07, 6.45) is 1.56. The molecule has 0 saturated heterocycles. The highest BCUT2D eigenvalue weighted by atomic mass is 32.2. The summed E-state index contributed by atoms with van der Waals surface area (Å²) in [5.74, 6) is 2.34. The first-order chi connectivity index (χ1) is 11.0. The number of fused-ring (bicyclic) bond motifs is 1. The molecule has 0 spiro atoms. The van der Waals surface area contributed by atoms with Crippen molar-refractivity contribution in [1.29, 1.82) is 5.41 Å². The quantitative estimate of drug-likeness (QED) is 0.667. The van der Waals surface area contributed by atoms with Crippen LogP contribution < -0.4 is 0 Å². The molecular weight excluding hydrogens is 332 g/mol. The van der Waals surface area contributed by atoms with E-state index in [0.29, 0.717) is 22.0 Å². The van der Waals surface area contributed by atoms with E-state index in [1.54, 1.807) is 28.8 Å². The smallest absolute Gasteiger partial charge is 0.283 e. The Labute approximate surface area is 142 Å². The lowest BCUT2D eigenvalue weighted by molar-refractivity contribution is -0.114. The van der Waals surface area contributed by atoms with Crippen LogP contribution in [-0.2, 0) is 4.79 Å². The summed E-state index contributed by atoms with van der Waals surface area (Å²) in [6, 6.07) is 3.58. The lowest BCUT2D eigenvalue weighted by atomic mass is 10.1. The van der Waals surface area contributed by atoms with Gasteiger partial charge in [-0.2, -0.15) is 9.39 Å². The molecule has 0 radical (unpaired) electrons. The highest BCUT2D eigenvalue weighted by molar-refractivity contribution is 8.19. The summed E-state index contributed by atoms with van der Waals surface area (Å²) in [6.45, 7) is 6.08. The van der Waals surface area contributed by atoms with Crippen LogP contribution in [0.15, 0.2) is 31.5 Å². The van der Waals surface area contributed by atoms with Crippen LogP contribution in [-0.4, -0.2) is 32.7 Å². The highest BCUT2D eigenvalue weighted by Gasteiger charge is 2.37. The van der Waals surface area contributed by atoms with Gasteiger partial charge in [-0.1, -0.05) is 25.6 Å². The van der Waals surface area contributed by atoms with E-state index in [-0.39, 0.29) is 11.4 Å². The molecule has 2 aliphatic rings. The van der Waals surface area contributed by atoms with Crippen LogP contribution >= 0.6 is 23.7 Å². The van der Waals surface area contributed by atoms with Gasteiger partial charge in [-0.3, -0.25) is 10.2 Å². The van der Waals surface area contributed by atoms with E-state index in [4.69, 9.17) is 9.83 Å². The number of carbonyl (C=O) groups is 1. The van der Waals surface area contributed by atoms with Gasteiger partial charge in [-0.05, 0) is 31.1 Å². The second kappa shape index (κ2) is 6.37. The van der Waals surface area contributed by atoms with Crippen molar-refractivity contribution in [3.63, 3.8) is 0 Å². The minimum Gasteiger partial charge on any atom is -0.462 e. The lowest BCUT2D eigenvalue weighted by Gasteiger charge is -2.24. The molecule has 0 atom stereocenters. The fraction of sp³-hybridized carbons (Fsp3) is 0.333. The van der Waals surface area contributed by atoms with E-state index in [1.165, 1.54) is 0 Å². The number of hydrogen-bond donors (Lipinski definition) is 1. The molecule has 1 aromatic rings. The van der Waals surface area contributed by atoms with E-state index in [1.807, 2.05) is 13.0 Å². The Hall–Kier alpha value is -1.80. The van der Waals surface area contributed by atoms with Gasteiger partial charge in [-0.15, -0.1) is 0 Å². The van der Waals surface area contributed by atoms with Gasteiger partial charge in [0.1, 0.15) is 17.4 Å². The summed E-state index contributed by atoms with van der Waals surface area (Å²) >= 11 is 2.70. The molecule has 3 heterocycles. The molecule has 8 heteroatoms. The minimum absolute atomic E-state index is 0.0917. The number of furan rings is 1. The number of nitrogens with one attached hydrogen (secondary N) is 1. The topological polar surface area (TPSA) is 82.0 Å². The van der Waals surface area contributed by atoms with Gasteiger partial charge in [0.25, 0.3) is 5.91 Å². The summed E-state index contributed by atoms with van der Waals surface area (Å²) in [5, 5.41) is 9.52. The van der Waals surface area contributed by atoms with Crippen LogP contribution in [0.3, 0.4) is 0 Å². The number of nitrogens with zero attached hydrogens (tertiary/aromatic N) is 3. The number of aryl methyl sites for hydroxylation is 1. The minimum atomic E-state index is -0.437. The Balaban J connectivity index is 1.89. The van der Waals surface area contributed by atoms with Crippen molar-refractivity contribution in [2.24, 2.45) is 15.3 Å². The Morgan fingerprint density at radius 1 is 1.48 bits per heavy atom. The van der Waals surface area contributed by atoms with Gasteiger partial charge in [-0.25, -0.2) is 4.90 Å². The molecule has 0 aliphatic carbocycles. The second-order valence-corrected chi connectivity index (χ2v) is 7.28. The van der Waals surface area contributed by atoms with Crippen LogP contribution in [0.1, 0.15) is 25.4 Å². The van der Waals surface area contributed by atoms with Crippen molar-refractivity contribution in [3.05, 3.63) is 29.2 Å². The van der Waals surface area contributed by atoms with Crippen molar-refractivity contribution < 1.29 is 9.21 Å². The van der Waals surface area contributed by atoms with Crippen LogP contribution in [0.25, 0.3) is 6.08 Å². The van der Waals surface area contributed by atoms with Crippen LogP contribution in [0.5, 0.6) is 0 Å². The zero-order chi connectivity index (χ0) is 16.6. The molecule has 6 nitrogen and oxygen atoms in total. The van der Waals surface area contributed by atoms with Gasteiger partial charge < -0.3 is 4.42 Å². The molecule has 0 fully saturated rings. The van der Waals surface area contributed by atoms with E-state index in [0.717, 1.165) is 23.5 Å². The second-order valence-electron chi connectivity index (χ2n) is 5.56. The molecule has 1 amide bonds. The number of amides is 1. The lowest BCUT2D eigenvalue weighted by Crippen LogP contribution is -2.41. The van der Waals surface area contributed by atoms with Crippen molar-refractivity contribution in [2.45, 2.75) is 20.8 Å². The van der Waals surface area contributed by atoms with Crippen LogP contribution in [0.2, 0.25) is 0 Å². The number of amidine groups is 3. The van der Waals surface area contributed by atoms with Gasteiger partial charge in [0.15, 0.2) is 5.17 Å². The molecular formula is C15H16N4O2S2. The maximum absolute atomic E-state index is 12.2. The first-order valence-electron chi connectivity index (χ1n) is 7.13. The fourth-order valence-electron chi connectivity index (χ4n) is 2.01. The zero-order valence-corrected chi connectivity index (χ0v) is 14.6. The summed E-state index contributed by atoms with van der Waals surface area (Å²) < 4.78 is 9.80. The highest BCUT2D eigenvalue weighted by Crippen LogP contribution is 2.32. The maximum Gasteiger partial charge on any atom is 0.283 e. The average Bonchev–Trinajstić information content (AvgIpc) is 3.07. The normalized spacial score (nSPS) is 19.5. The molecule has 1 aromatic heterocycles. The SMILES string of the molecule is Cc1ccc(/C=C2/C(=N)N3C(SCC(C)C)=NSC3=NC2=O)o1. The van der Waals surface area contributed by atoms with Gasteiger partial charge >= 0.3 is 0 Å². The Morgan fingerprint density at radius 3 is 2.91 bits per heavy atom. The van der Waals surface area contributed by atoms with Gasteiger partial charge in [0, 0.05) is 5.75 Å². The Kier molecular flexibility index (Phi) is 4.45. The molecule has 0 saturated carbocycles. The third-order valence-electron chi connectivity index (χ3n) is 3.09. The predicted molar refractivity (Wildman–Crippen MR) is 95.8 cm³/mol. The molecule has 3 rings (SSSR count). The van der Waals surface area contributed by atoms with E-state index in [9.17, 15) is 4.79 Å². The fourth-order valence-corrected chi connectivity index (χ4v) is 3.80. The van der Waals surface area contributed by atoms with Crippen molar-refractivity contribution in [1.82, 2.24) is 4.90 Å². The number of aliphatic imine (C=N–C) groups is 1. The average molecular weight is 348 g/mol. The third-order valence-corrected chi connectivity index (χ3v) is 5.27. The van der Waals surface area contributed by atoms with Gasteiger partial charge in [0.2, 0.25) is 5.17 Å². The number of carbonyl (C=O) groups excluding carboxylic acids is 1. The largest absolute Gasteiger partial charge is 0.462 e. The van der Waals surface area contributed by atoms with E-state index in [2.05, 4.69) is 23.2 Å². The van der Waals surface area contributed by atoms with Crippen molar-refractivity contribution >= 4 is 51.9 Å². The zero-order valence-electron chi connectivity index (χ0n) is 13.0. The van der Waals surface area contributed by atoms with E-state index >= 15 is 0 Å². The van der Waals surface area contributed by atoms with Gasteiger partial charge in [0.05, 0.1) is 17.5 Å². The summed E-state index contributed by atoms with van der Waals surface area (Å²) in [5.41, 5.74) is 0.212. The number of thioether (sulfide) groups is 1. The standard InChI is InChI=1S/C15H16N4O2S2/c1-8(2)7-22-15-18-23-14-17-13(20)11(12(16)19(14)15)6-10-5-4-9(3)21-10/h4-6,8,16H,7H2,1-3H3/b11-6-,16-12?. The third kappa shape index (κ3) is 3.28. The van der Waals surface area contributed by atoms with Crippen molar-refractivity contribution in [2.75, 3.05) is 5.75 Å². The number of hydrogen-bond acceptors (Lipinski definition) is 6. The molecule has 0 unspecified atom stereocenters. The predicted octanol–water partition coefficient (Wildman–Crippen LogP) is 3.55. The first-order valence-corrected chi connectivity index (χ1v) is 8.89. The molecule has 0 aromatic carbocycles. The molecule has 1 N–H and O–H groups in total. The molecule has 23 heavy (non-hydrogen) atoms. The maximum atomic E-state index is 12.2. The Bertz CT molecular complexity index is 761. The van der Waals surface area contributed by atoms with Crippen LogP contribution in [0.4, 0.5) is 0 Å². The van der Waals surface area contributed by atoms with Crippen LogP contribution in [0, 0.1) is 18.3 Å². The van der Waals surface area contributed by atoms with Crippen molar-refractivity contribution in [3.8, 4) is 0 Å². The Morgan fingerprint density at radius 2 is 2.26 bits per heavy atom. The first kappa shape index (κ1) is 16.1.